The van der Waals surface area contributed by atoms with E-state index in [0.717, 1.165) is 37.2 Å². The molecule has 1 aliphatic heterocycles. The van der Waals surface area contributed by atoms with Crippen molar-refractivity contribution in [1.82, 2.24) is 5.32 Å². The van der Waals surface area contributed by atoms with Crippen LogP contribution in [0.5, 0.6) is 11.5 Å². The van der Waals surface area contributed by atoms with E-state index in [1.807, 2.05) is 6.07 Å². The zero-order chi connectivity index (χ0) is 18.9. The zero-order valence-corrected chi connectivity index (χ0v) is 16.5. The molecule has 0 atom stereocenters. The SMILES string of the molecule is O=C(NCC1(c2ccc3c(c2)OCCO3)CCCC1)c1ccc(F)cc1Br. The lowest BCUT2D eigenvalue weighted by Crippen LogP contribution is -2.39. The Kier molecular flexibility index (Phi) is 5.08. The number of halogens is 2. The van der Waals surface area contributed by atoms with Crippen LogP contribution in [0.3, 0.4) is 0 Å². The molecule has 4 nitrogen and oxygen atoms in total. The molecule has 142 valence electrons. The van der Waals surface area contributed by atoms with Crippen LogP contribution in [0, 0.1) is 5.82 Å². The summed E-state index contributed by atoms with van der Waals surface area (Å²) in [6.45, 7) is 1.66. The molecule has 1 fully saturated rings. The van der Waals surface area contributed by atoms with Crippen LogP contribution in [0.4, 0.5) is 4.39 Å². The van der Waals surface area contributed by atoms with Crippen LogP contribution in [-0.4, -0.2) is 25.7 Å². The fourth-order valence-electron chi connectivity index (χ4n) is 4.01. The fraction of sp³-hybridized carbons (Fsp3) is 0.381. The van der Waals surface area contributed by atoms with Gasteiger partial charge < -0.3 is 14.8 Å². The molecule has 2 aromatic carbocycles. The van der Waals surface area contributed by atoms with Crippen molar-refractivity contribution in [3.63, 3.8) is 0 Å². The molecule has 27 heavy (non-hydrogen) atoms. The van der Waals surface area contributed by atoms with Crippen LogP contribution in [0.1, 0.15) is 41.6 Å². The number of amides is 1. The number of carbonyl (C=O) groups is 1. The summed E-state index contributed by atoms with van der Waals surface area (Å²) < 4.78 is 25.1. The maximum absolute atomic E-state index is 13.3. The lowest BCUT2D eigenvalue weighted by molar-refractivity contribution is 0.0942. The van der Waals surface area contributed by atoms with Gasteiger partial charge in [0.25, 0.3) is 5.91 Å². The molecule has 4 rings (SSSR count). The van der Waals surface area contributed by atoms with Gasteiger partial charge in [0.05, 0.1) is 5.56 Å². The highest BCUT2D eigenvalue weighted by atomic mass is 79.9. The van der Waals surface area contributed by atoms with Crippen molar-refractivity contribution in [2.75, 3.05) is 19.8 Å². The number of hydrogen-bond acceptors (Lipinski definition) is 3. The summed E-state index contributed by atoms with van der Waals surface area (Å²) in [5, 5.41) is 3.06. The molecule has 6 heteroatoms. The van der Waals surface area contributed by atoms with Crippen molar-refractivity contribution in [3.8, 4) is 11.5 Å². The van der Waals surface area contributed by atoms with E-state index >= 15 is 0 Å². The Morgan fingerprint density at radius 3 is 2.56 bits per heavy atom. The lowest BCUT2D eigenvalue weighted by atomic mass is 9.78. The molecule has 0 unspecified atom stereocenters. The molecule has 2 aliphatic rings. The monoisotopic (exact) mass is 433 g/mol. The van der Waals surface area contributed by atoms with Crippen molar-refractivity contribution in [1.29, 1.82) is 0 Å². The van der Waals surface area contributed by atoms with Crippen molar-refractivity contribution in [2.24, 2.45) is 0 Å². The van der Waals surface area contributed by atoms with Crippen LogP contribution in [0.2, 0.25) is 0 Å². The molecule has 1 heterocycles. The minimum atomic E-state index is -0.373. The molecular formula is C21H21BrFNO3. The number of hydrogen-bond donors (Lipinski definition) is 1. The van der Waals surface area contributed by atoms with Crippen molar-refractivity contribution < 1.29 is 18.7 Å². The Labute approximate surface area is 166 Å². The second kappa shape index (κ2) is 7.50. The van der Waals surface area contributed by atoms with Gasteiger partial charge in [-0.05, 0) is 64.7 Å². The van der Waals surface area contributed by atoms with E-state index in [2.05, 4.69) is 33.4 Å². The average molecular weight is 434 g/mol. The summed E-state index contributed by atoms with van der Waals surface area (Å²) in [4.78, 5) is 12.6. The molecule has 0 aromatic heterocycles. The number of ether oxygens (including phenoxy) is 2. The first-order valence-electron chi connectivity index (χ1n) is 9.21. The first kappa shape index (κ1) is 18.3. The van der Waals surface area contributed by atoms with E-state index in [4.69, 9.17) is 9.47 Å². The molecule has 1 amide bonds. The van der Waals surface area contributed by atoms with Crippen molar-refractivity contribution >= 4 is 21.8 Å². The summed E-state index contributed by atoms with van der Waals surface area (Å²) in [6, 6.07) is 10.2. The van der Waals surface area contributed by atoms with Gasteiger partial charge in [-0.2, -0.15) is 0 Å². The van der Waals surface area contributed by atoms with E-state index in [9.17, 15) is 9.18 Å². The predicted molar refractivity (Wildman–Crippen MR) is 104 cm³/mol. The minimum absolute atomic E-state index is 0.113. The third kappa shape index (κ3) is 3.68. The average Bonchev–Trinajstić information content (AvgIpc) is 3.16. The number of nitrogens with one attached hydrogen (secondary N) is 1. The first-order valence-corrected chi connectivity index (χ1v) is 10.0. The summed E-state index contributed by atoms with van der Waals surface area (Å²) in [6.07, 6.45) is 4.28. The molecule has 0 spiro atoms. The van der Waals surface area contributed by atoms with Gasteiger partial charge in [-0.3, -0.25) is 4.79 Å². The molecule has 0 saturated heterocycles. The standard InChI is InChI=1S/C21H21BrFNO3/c22-17-12-15(23)4-5-16(17)20(25)24-13-21(7-1-2-8-21)14-3-6-18-19(11-14)27-10-9-26-18/h3-6,11-12H,1-2,7-10,13H2,(H,24,25). The second-order valence-corrected chi connectivity index (χ2v) is 8.01. The zero-order valence-electron chi connectivity index (χ0n) is 14.9. The molecule has 1 aliphatic carbocycles. The van der Waals surface area contributed by atoms with E-state index in [1.165, 1.54) is 23.8 Å². The maximum Gasteiger partial charge on any atom is 0.252 e. The van der Waals surface area contributed by atoms with Crippen LogP contribution in [0.25, 0.3) is 0 Å². The summed E-state index contributed by atoms with van der Waals surface area (Å²) in [7, 11) is 0. The Balaban J connectivity index is 1.55. The van der Waals surface area contributed by atoms with E-state index in [1.54, 1.807) is 0 Å². The van der Waals surface area contributed by atoms with Gasteiger partial charge in [0.15, 0.2) is 11.5 Å². The molecule has 1 saturated carbocycles. The van der Waals surface area contributed by atoms with Crippen molar-refractivity contribution in [2.45, 2.75) is 31.1 Å². The number of rotatable bonds is 4. The van der Waals surface area contributed by atoms with Crippen molar-refractivity contribution in [3.05, 3.63) is 57.8 Å². The van der Waals surface area contributed by atoms with Gasteiger partial charge in [0.2, 0.25) is 0 Å². The quantitative estimate of drug-likeness (QED) is 0.765. The number of benzene rings is 2. The van der Waals surface area contributed by atoms with Gasteiger partial charge in [0, 0.05) is 16.4 Å². The van der Waals surface area contributed by atoms with E-state index in [-0.39, 0.29) is 17.1 Å². The molecule has 2 aromatic rings. The summed E-state index contributed by atoms with van der Waals surface area (Å²) in [5.74, 6) is 0.975. The highest BCUT2D eigenvalue weighted by Crippen LogP contribution is 2.43. The van der Waals surface area contributed by atoms with E-state index in [0.29, 0.717) is 29.8 Å². The second-order valence-electron chi connectivity index (χ2n) is 7.15. The van der Waals surface area contributed by atoms with Crippen LogP contribution >= 0.6 is 15.9 Å². The summed E-state index contributed by atoms with van der Waals surface area (Å²) in [5.41, 5.74) is 1.49. The normalized spacial score (nSPS) is 17.6. The Hall–Kier alpha value is -2.08. The van der Waals surface area contributed by atoms with Crippen LogP contribution < -0.4 is 14.8 Å². The number of carbonyl (C=O) groups excluding carboxylic acids is 1. The maximum atomic E-state index is 13.3. The first-order chi connectivity index (χ1) is 13.1. The van der Waals surface area contributed by atoms with E-state index < -0.39 is 0 Å². The third-order valence-corrected chi connectivity index (χ3v) is 6.13. The smallest absolute Gasteiger partial charge is 0.252 e. The van der Waals surface area contributed by atoms with Gasteiger partial charge >= 0.3 is 0 Å². The third-order valence-electron chi connectivity index (χ3n) is 5.48. The highest BCUT2D eigenvalue weighted by Gasteiger charge is 2.37. The van der Waals surface area contributed by atoms with Gasteiger partial charge in [0.1, 0.15) is 19.0 Å². The van der Waals surface area contributed by atoms with Gasteiger partial charge in [-0.25, -0.2) is 4.39 Å². The van der Waals surface area contributed by atoms with Gasteiger partial charge in [-0.15, -0.1) is 0 Å². The topological polar surface area (TPSA) is 47.6 Å². The Bertz CT molecular complexity index is 865. The Morgan fingerprint density at radius 2 is 1.81 bits per heavy atom. The minimum Gasteiger partial charge on any atom is -0.486 e. The molecule has 1 N–H and O–H groups in total. The lowest BCUT2D eigenvalue weighted by Gasteiger charge is -2.31. The van der Waals surface area contributed by atoms with Crippen LogP contribution in [0.15, 0.2) is 40.9 Å². The molecule has 0 radical (unpaired) electrons. The molecule has 0 bridgehead atoms. The Morgan fingerprint density at radius 1 is 1.07 bits per heavy atom. The highest BCUT2D eigenvalue weighted by molar-refractivity contribution is 9.10. The summed E-state index contributed by atoms with van der Waals surface area (Å²) >= 11 is 3.27. The van der Waals surface area contributed by atoms with Crippen LogP contribution in [-0.2, 0) is 5.41 Å². The number of fused-ring (bicyclic) bond motifs is 1. The largest absolute Gasteiger partial charge is 0.486 e. The predicted octanol–water partition coefficient (Wildman–Crippen LogP) is 4.60. The molecular weight excluding hydrogens is 413 g/mol. The van der Waals surface area contributed by atoms with Gasteiger partial charge in [-0.1, -0.05) is 18.9 Å². The fourth-order valence-corrected chi connectivity index (χ4v) is 4.54.